The first-order chi connectivity index (χ1) is 11.6. The lowest BCUT2D eigenvalue weighted by molar-refractivity contribution is -0.134. The number of esters is 1. The van der Waals surface area contributed by atoms with Gasteiger partial charge in [-0.05, 0) is 30.2 Å². The van der Waals surface area contributed by atoms with Gasteiger partial charge in [-0.15, -0.1) is 0 Å². The summed E-state index contributed by atoms with van der Waals surface area (Å²) in [6.45, 7) is 0. The third-order valence-corrected chi connectivity index (χ3v) is 3.63. The van der Waals surface area contributed by atoms with Crippen molar-refractivity contribution in [3.63, 3.8) is 0 Å². The number of rotatable bonds is 6. The molecule has 2 rings (SSSR count). The summed E-state index contributed by atoms with van der Waals surface area (Å²) >= 11 is 6.06. The van der Waals surface area contributed by atoms with Crippen molar-refractivity contribution in [1.29, 1.82) is 5.26 Å². The van der Waals surface area contributed by atoms with Gasteiger partial charge in [0.1, 0.15) is 5.75 Å². The van der Waals surface area contributed by atoms with Crippen LogP contribution in [0.1, 0.15) is 17.5 Å². The SMILES string of the molecule is COc1ccc(CCC(=O)Oc2c(Cl)cc(C#N)cc2OC)cc1. The number of carbonyl (C=O) groups excluding carboxylic acids is 1. The van der Waals surface area contributed by atoms with E-state index in [4.69, 9.17) is 31.1 Å². The molecule has 0 fully saturated rings. The number of nitrogens with zero attached hydrogens (tertiary/aromatic N) is 1. The fourth-order valence-electron chi connectivity index (χ4n) is 2.09. The van der Waals surface area contributed by atoms with E-state index in [-0.39, 0.29) is 22.9 Å². The Balaban J connectivity index is 2.03. The molecule has 0 atom stereocenters. The maximum absolute atomic E-state index is 12.1. The molecule has 0 aliphatic rings. The average Bonchev–Trinajstić information content (AvgIpc) is 2.61. The van der Waals surface area contributed by atoms with Crippen LogP contribution in [0.3, 0.4) is 0 Å². The summed E-state index contributed by atoms with van der Waals surface area (Å²) in [4.78, 5) is 12.1. The second-order valence-corrected chi connectivity index (χ2v) is 5.33. The second-order valence-electron chi connectivity index (χ2n) is 4.92. The summed E-state index contributed by atoms with van der Waals surface area (Å²) in [6, 6.07) is 12.3. The van der Waals surface area contributed by atoms with Gasteiger partial charge >= 0.3 is 5.97 Å². The molecular weight excluding hydrogens is 330 g/mol. The molecule has 0 saturated carbocycles. The van der Waals surface area contributed by atoms with Gasteiger partial charge in [-0.3, -0.25) is 4.79 Å². The molecule has 5 nitrogen and oxygen atoms in total. The lowest BCUT2D eigenvalue weighted by atomic mass is 10.1. The molecule has 2 aromatic carbocycles. The molecule has 0 amide bonds. The minimum Gasteiger partial charge on any atom is -0.497 e. The van der Waals surface area contributed by atoms with Gasteiger partial charge in [-0.25, -0.2) is 0 Å². The molecule has 124 valence electrons. The molecule has 0 spiro atoms. The number of hydrogen-bond donors (Lipinski definition) is 0. The van der Waals surface area contributed by atoms with Crippen molar-refractivity contribution in [2.75, 3.05) is 14.2 Å². The van der Waals surface area contributed by atoms with E-state index in [0.29, 0.717) is 12.0 Å². The zero-order valence-corrected chi connectivity index (χ0v) is 14.1. The van der Waals surface area contributed by atoms with E-state index in [9.17, 15) is 4.79 Å². The Kier molecular flexibility index (Phi) is 6.05. The van der Waals surface area contributed by atoms with Crippen molar-refractivity contribution < 1.29 is 19.0 Å². The van der Waals surface area contributed by atoms with E-state index >= 15 is 0 Å². The molecule has 6 heteroatoms. The van der Waals surface area contributed by atoms with Crippen molar-refractivity contribution in [2.24, 2.45) is 0 Å². The minimum absolute atomic E-state index is 0.123. The van der Waals surface area contributed by atoms with Crippen LogP contribution >= 0.6 is 11.6 Å². The quantitative estimate of drug-likeness (QED) is 0.589. The van der Waals surface area contributed by atoms with Crippen LogP contribution in [0.2, 0.25) is 5.02 Å². The van der Waals surface area contributed by atoms with Crippen LogP contribution < -0.4 is 14.2 Å². The number of carbonyl (C=O) groups is 1. The van der Waals surface area contributed by atoms with Crippen LogP contribution in [0.5, 0.6) is 17.2 Å². The lowest BCUT2D eigenvalue weighted by Gasteiger charge is -2.11. The molecule has 24 heavy (non-hydrogen) atoms. The molecule has 0 radical (unpaired) electrons. The van der Waals surface area contributed by atoms with E-state index in [0.717, 1.165) is 11.3 Å². The molecule has 2 aromatic rings. The highest BCUT2D eigenvalue weighted by molar-refractivity contribution is 6.32. The Hall–Kier alpha value is -2.71. The van der Waals surface area contributed by atoms with E-state index in [1.165, 1.54) is 19.2 Å². The molecule has 0 bridgehead atoms. The number of ether oxygens (including phenoxy) is 3. The molecule has 0 aliphatic carbocycles. The molecule has 0 N–H and O–H groups in total. The molecule has 0 heterocycles. The van der Waals surface area contributed by atoms with Crippen molar-refractivity contribution in [3.05, 3.63) is 52.5 Å². The summed E-state index contributed by atoms with van der Waals surface area (Å²) in [7, 11) is 3.02. The Morgan fingerprint density at radius 2 is 1.88 bits per heavy atom. The van der Waals surface area contributed by atoms with Crippen LogP contribution in [-0.4, -0.2) is 20.2 Å². The molecule has 0 saturated heterocycles. The normalized spacial score (nSPS) is 9.92. The third kappa shape index (κ3) is 4.40. The van der Waals surface area contributed by atoms with Crippen molar-refractivity contribution in [3.8, 4) is 23.3 Å². The second kappa shape index (κ2) is 8.23. The van der Waals surface area contributed by atoms with Crippen LogP contribution in [0.4, 0.5) is 0 Å². The number of nitriles is 1. The molecule has 0 aliphatic heterocycles. The van der Waals surface area contributed by atoms with Gasteiger partial charge < -0.3 is 14.2 Å². The Labute approximate surface area is 145 Å². The number of aryl methyl sites for hydroxylation is 1. The highest BCUT2D eigenvalue weighted by Gasteiger charge is 2.16. The van der Waals surface area contributed by atoms with Gasteiger partial charge in [0.25, 0.3) is 0 Å². The topological polar surface area (TPSA) is 68.5 Å². The Bertz CT molecular complexity index is 766. The Morgan fingerprint density at radius 1 is 1.17 bits per heavy atom. The van der Waals surface area contributed by atoms with Crippen molar-refractivity contribution in [2.45, 2.75) is 12.8 Å². The highest BCUT2D eigenvalue weighted by atomic mass is 35.5. The monoisotopic (exact) mass is 345 g/mol. The zero-order chi connectivity index (χ0) is 17.5. The first-order valence-electron chi connectivity index (χ1n) is 7.18. The fourth-order valence-corrected chi connectivity index (χ4v) is 2.34. The van der Waals surface area contributed by atoms with Gasteiger partial charge in [0.2, 0.25) is 0 Å². The van der Waals surface area contributed by atoms with Crippen molar-refractivity contribution >= 4 is 17.6 Å². The highest BCUT2D eigenvalue weighted by Crippen LogP contribution is 2.36. The number of halogens is 1. The maximum atomic E-state index is 12.1. The van der Waals surface area contributed by atoms with Gasteiger partial charge in [0, 0.05) is 12.5 Å². The van der Waals surface area contributed by atoms with Gasteiger partial charge in [0.05, 0.1) is 30.9 Å². The summed E-state index contributed by atoms with van der Waals surface area (Å²) in [5.74, 6) is 0.695. The van der Waals surface area contributed by atoms with E-state index < -0.39 is 5.97 Å². The van der Waals surface area contributed by atoms with E-state index in [2.05, 4.69) is 0 Å². The van der Waals surface area contributed by atoms with E-state index in [1.807, 2.05) is 30.3 Å². The molecular formula is C18H16ClNO4. The van der Waals surface area contributed by atoms with Crippen LogP contribution in [0.15, 0.2) is 36.4 Å². The standard InChI is InChI=1S/C18H16ClNO4/c1-22-14-6-3-12(4-7-14)5-8-17(21)24-18-15(19)9-13(11-20)10-16(18)23-2/h3-4,6-7,9-10H,5,8H2,1-2H3. The van der Waals surface area contributed by atoms with Crippen LogP contribution in [0.25, 0.3) is 0 Å². The number of methoxy groups -OCH3 is 2. The van der Waals surface area contributed by atoms with E-state index in [1.54, 1.807) is 7.11 Å². The summed E-state index contributed by atoms with van der Waals surface area (Å²) < 4.78 is 15.5. The van der Waals surface area contributed by atoms with Gasteiger partial charge in [-0.2, -0.15) is 5.26 Å². The maximum Gasteiger partial charge on any atom is 0.311 e. The first kappa shape index (κ1) is 17.6. The summed E-state index contributed by atoms with van der Waals surface area (Å²) in [5.41, 5.74) is 1.32. The lowest BCUT2D eigenvalue weighted by Crippen LogP contribution is -2.10. The first-order valence-corrected chi connectivity index (χ1v) is 7.56. The fraction of sp³-hybridized carbons (Fsp3) is 0.222. The van der Waals surface area contributed by atoms with Crippen LogP contribution in [0, 0.1) is 11.3 Å². The average molecular weight is 346 g/mol. The minimum atomic E-state index is -0.435. The number of hydrogen-bond acceptors (Lipinski definition) is 5. The van der Waals surface area contributed by atoms with Gasteiger partial charge in [0.15, 0.2) is 11.5 Å². The van der Waals surface area contributed by atoms with Gasteiger partial charge in [-0.1, -0.05) is 23.7 Å². The molecule has 0 unspecified atom stereocenters. The molecule has 0 aromatic heterocycles. The predicted octanol–water partition coefficient (Wildman–Crippen LogP) is 3.77. The Morgan fingerprint density at radius 3 is 2.46 bits per heavy atom. The largest absolute Gasteiger partial charge is 0.497 e. The summed E-state index contributed by atoms with van der Waals surface area (Å²) in [5, 5.41) is 9.08. The smallest absolute Gasteiger partial charge is 0.311 e. The van der Waals surface area contributed by atoms with Crippen LogP contribution in [-0.2, 0) is 11.2 Å². The summed E-state index contributed by atoms with van der Waals surface area (Å²) in [6.07, 6.45) is 0.713. The van der Waals surface area contributed by atoms with Crippen molar-refractivity contribution in [1.82, 2.24) is 0 Å². The zero-order valence-electron chi connectivity index (χ0n) is 13.3. The number of benzene rings is 2. The third-order valence-electron chi connectivity index (χ3n) is 3.35. The predicted molar refractivity (Wildman–Crippen MR) is 89.7 cm³/mol.